The average Bonchev–Trinajstić information content (AvgIpc) is 2.97. The van der Waals surface area contributed by atoms with Crippen molar-refractivity contribution in [3.05, 3.63) is 29.0 Å². The minimum atomic E-state index is -0.803. The largest absolute Gasteiger partial charge is 0.481 e. The molecular formula is C20H29ClN4O2S. The second kappa shape index (κ2) is 10.1. The Morgan fingerprint density at radius 3 is 2.36 bits per heavy atom. The van der Waals surface area contributed by atoms with E-state index in [1.54, 1.807) is 0 Å². The number of hydrogen-bond acceptors (Lipinski definition) is 6. The first-order chi connectivity index (χ1) is 13.2. The first kappa shape index (κ1) is 22.4. The number of rotatable bonds is 10. The number of carboxylic acid groups (broad SMARTS) is 1. The maximum Gasteiger partial charge on any atom is 0.303 e. The van der Waals surface area contributed by atoms with Gasteiger partial charge in [0.15, 0.2) is 0 Å². The lowest BCUT2D eigenvalue weighted by molar-refractivity contribution is -0.137. The highest BCUT2D eigenvalue weighted by atomic mass is 35.5. The molecule has 1 aromatic carbocycles. The van der Waals surface area contributed by atoms with E-state index in [9.17, 15) is 4.79 Å². The van der Waals surface area contributed by atoms with E-state index in [4.69, 9.17) is 16.7 Å². The first-order valence-corrected chi connectivity index (χ1v) is 10.7. The van der Waals surface area contributed by atoms with Gasteiger partial charge >= 0.3 is 5.97 Å². The van der Waals surface area contributed by atoms with Crippen molar-refractivity contribution in [2.45, 2.75) is 47.0 Å². The van der Waals surface area contributed by atoms with Crippen molar-refractivity contribution >= 4 is 45.6 Å². The zero-order valence-corrected chi connectivity index (χ0v) is 18.6. The van der Waals surface area contributed by atoms with Crippen LogP contribution in [0.5, 0.6) is 0 Å². The fraction of sp³-hybridized carbons (Fsp3) is 0.550. The average molecular weight is 425 g/mol. The molecule has 0 aliphatic carbocycles. The molecule has 0 saturated heterocycles. The number of hydrogen-bond donors (Lipinski definition) is 2. The summed E-state index contributed by atoms with van der Waals surface area (Å²) in [5.41, 5.74) is 2.93. The lowest BCUT2D eigenvalue weighted by Gasteiger charge is -2.31. The molecule has 0 radical (unpaired) electrons. The maximum atomic E-state index is 11.1. The van der Waals surface area contributed by atoms with E-state index in [-0.39, 0.29) is 17.6 Å². The summed E-state index contributed by atoms with van der Waals surface area (Å²) in [6.45, 7) is 12.6. The standard InChI is InChI=1S/C20H29ClN4O2S/c1-12(2)10-25(11-13(3)4)17-7-6-15(14(5)8-18(26)27)9-16(17)22-20-23-19(21)24-28-20/h6-7,9,12-14H,8,10-11H2,1-5H3,(H,26,27)(H,22,23,24). The lowest BCUT2D eigenvalue weighted by Crippen LogP contribution is -2.31. The number of nitrogens with zero attached hydrogens (tertiary/aromatic N) is 3. The van der Waals surface area contributed by atoms with Crippen molar-refractivity contribution in [1.29, 1.82) is 0 Å². The topological polar surface area (TPSA) is 78.4 Å². The van der Waals surface area contributed by atoms with Crippen LogP contribution in [0.3, 0.4) is 0 Å². The summed E-state index contributed by atoms with van der Waals surface area (Å²) in [4.78, 5) is 17.7. The SMILES string of the molecule is CC(C)CN(CC(C)C)c1ccc(C(C)CC(=O)O)cc1Nc1nc(Cl)ns1. The van der Waals surface area contributed by atoms with E-state index in [1.807, 2.05) is 19.1 Å². The van der Waals surface area contributed by atoms with Crippen LogP contribution in [0.2, 0.25) is 5.28 Å². The summed E-state index contributed by atoms with van der Waals surface area (Å²) >= 11 is 7.08. The molecule has 2 aromatic rings. The molecular weight excluding hydrogens is 396 g/mol. The van der Waals surface area contributed by atoms with E-state index < -0.39 is 5.97 Å². The quantitative estimate of drug-likeness (QED) is 0.514. The number of nitrogens with one attached hydrogen (secondary N) is 1. The van der Waals surface area contributed by atoms with Crippen molar-refractivity contribution in [2.24, 2.45) is 11.8 Å². The van der Waals surface area contributed by atoms with Crippen LogP contribution >= 0.6 is 23.1 Å². The molecule has 0 fully saturated rings. The molecule has 0 aliphatic heterocycles. The zero-order valence-electron chi connectivity index (χ0n) is 17.1. The minimum absolute atomic E-state index is 0.0884. The third kappa shape index (κ3) is 6.63. The Balaban J connectivity index is 2.44. The van der Waals surface area contributed by atoms with Gasteiger partial charge in [-0.3, -0.25) is 4.79 Å². The Bertz CT molecular complexity index is 784. The number of carboxylic acids is 1. The van der Waals surface area contributed by atoms with Crippen LogP contribution < -0.4 is 10.2 Å². The molecule has 0 bridgehead atoms. The van der Waals surface area contributed by atoms with E-state index >= 15 is 0 Å². The van der Waals surface area contributed by atoms with Crippen molar-refractivity contribution in [3.63, 3.8) is 0 Å². The van der Waals surface area contributed by atoms with Gasteiger partial charge in [0.05, 0.1) is 17.8 Å². The highest BCUT2D eigenvalue weighted by Crippen LogP contribution is 2.34. The molecule has 28 heavy (non-hydrogen) atoms. The lowest BCUT2D eigenvalue weighted by atomic mass is 9.96. The number of aliphatic carboxylic acids is 1. The summed E-state index contributed by atoms with van der Waals surface area (Å²) in [6.07, 6.45) is 0.0884. The summed E-state index contributed by atoms with van der Waals surface area (Å²) in [5, 5.41) is 13.3. The van der Waals surface area contributed by atoms with Crippen LogP contribution in [0.4, 0.5) is 16.5 Å². The number of aromatic nitrogens is 2. The Kier molecular flexibility index (Phi) is 8.07. The molecule has 1 heterocycles. The van der Waals surface area contributed by atoms with Gasteiger partial charge in [0, 0.05) is 24.6 Å². The summed E-state index contributed by atoms with van der Waals surface area (Å²) < 4.78 is 4.02. The number of carbonyl (C=O) groups is 1. The van der Waals surface area contributed by atoms with Gasteiger partial charge in [-0.15, -0.1) is 0 Å². The maximum absolute atomic E-state index is 11.1. The Hall–Kier alpha value is -1.86. The zero-order chi connectivity index (χ0) is 20.8. The summed E-state index contributed by atoms with van der Waals surface area (Å²) in [6, 6.07) is 6.12. The molecule has 2 N–H and O–H groups in total. The van der Waals surface area contributed by atoms with Gasteiger partial charge in [-0.05, 0) is 47.1 Å². The highest BCUT2D eigenvalue weighted by molar-refractivity contribution is 7.10. The minimum Gasteiger partial charge on any atom is -0.481 e. The van der Waals surface area contributed by atoms with Crippen LogP contribution in [-0.4, -0.2) is 33.5 Å². The van der Waals surface area contributed by atoms with Gasteiger partial charge in [0.1, 0.15) is 0 Å². The van der Waals surface area contributed by atoms with Gasteiger partial charge < -0.3 is 15.3 Å². The van der Waals surface area contributed by atoms with Crippen LogP contribution in [0.15, 0.2) is 18.2 Å². The van der Waals surface area contributed by atoms with Crippen molar-refractivity contribution in [1.82, 2.24) is 9.36 Å². The normalized spacial score (nSPS) is 12.4. The van der Waals surface area contributed by atoms with E-state index in [2.05, 4.69) is 53.3 Å². The highest BCUT2D eigenvalue weighted by Gasteiger charge is 2.18. The van der Waals surface area contributed by atoms with Crippen LogP contribution in [0, 0.1) is 11.8 Å². The van der Waals surface area contributed by atoms with Gasteiger partial charge in [0.25, 0.3) is 0 Å². The second-order valence-corrected chi connectivity index (χ2v) is 9.05. The molecule has 1 atom stereocenters. The molecule has 0 aliphatic rings. The van der Waals surface area contributed by atoms with E-state index in [0.29, 0.717) is 17.0 Å². The van der Waals surface area contributed by atoms with Gasteiger partial charge in [-0.1, -0.05) is 40.7 Å². The summed E-state index contributed by atoms with van der Waals surface area (Å²) in [5.74, 6) is 0.123. The molecule has 154 valence electrons. The Labute approximate surface area is 176 Å². The van der Waals surface area contributed by atoms with E-state index in [0.717, 1.165) is 30.0 Å². The Morgan fingerprint density at radius 1 is 1.21 bits per heavy atom. The van der Waals surface area contributed by atoms with Crippen LogP contribution in [-0.2, 0) is 4.79 Å². The monoisotopic (exact) mass is 424 g/mol. The molecule has 2 rings (SSSR count). The molecule has 8 heteroatoms. The fourth-order valence-corrected chi connectivity index (χ4v) is 3.86. The number of halogens is 1. The summed E-state index contributed by atoms with van der Waals surface area (Å²) in [7, 11) is 0. The molecule has 0 spiro atoms. The number of anilines is 3. The molecule has 0 saturated carbocycles. The van der Waals surface area contributed by atoms with Gasteiger partial charge in [-0.2, -0.15) is 9.36 Å². The third-order valence-electron chi connectivity index (χ3n) is 4.23. The van der Waals surface area contributed by atoms with Crippen LogP contribution in [0.25, 0.3) is 0 Å². The fourth-order valence-electron chi connectivity index (χ4n) is 3.14. The van der Waals surface area contributed by atoms with Crippen molar-refractivity contribution in [3.8, 4) is 0 Å². The molecule has 1 aromatic heterocycles. The van der Waals surface area contributed by atoms with Crippen molar-refractivity contribution < 1.29 is 9.90 Å². The van der Waals surface area contributed by atoms with Crippen LogP contribution in [0.1, 0.15) is 52.5 Å². The predicted octanol–water partition coefficient (Wildman–Crippen LogP) is 5.63. The third-order valence-corrected chi connectivity index (χ3v) is 5.12. The predicted molar refractivity (Wildman–Crippen MR) is 117 cm³/mol. The molecule has 0 amide bonds. The van der Waals surface area contributed by atoms with E-state index in [1.165, 1.54) is 11.5 Å². The number of benzene rings is 1. The Morgan fingerprint density at radius 2 is 1.86 bits per heavy atom. The van der Waals surface area contributed by atoms with Gasteiger partial charge in [-0.25, -0.2) is 0 Å². The molecule has 6 nitrogen and oxygen atoms in total. The molecule has 1 unspecified atom stereocenters. The smallest absolute Gasteiger partial charge is 0.303 e. The van der Waals surface area contributed by atoms with Gasteiger partial charge in [0.2, 0.25) is 10.4 Å². The van der Waals surface area contributed by atoms with Crippen molar-refractivity contribution in [2.75, 3.05) is 23.3 Å². The second-order valence-electron chi connectivity index (χ2n) is 7.96. The first-order valence-electron chi connectivity index (χ1n) is 9.52.